The first-order chi connectivity index (χ1) is 22.0. The third kappa shape index (κ3) is 7.46. The first-order valence-electron chi connectivity index (χ1n) is 14.9. The van der Waals surface area contributed by atoms with Crippen LogP contribution in [0.1, 0.15) is 64.9 Å². The summed E-state index contributed by atoms with van der Waals surface area (Å²) in [5.74, 6) is -2.46. The fraction of sp³-hybridized carbons (Fsp3) is 0.406. The molecule has 0 saturated carbocycles. The summed E-state index contributed by atoms with van der Waals surface area (Å²) in [6.45, 7) is 11.4. The number of carbonyl (C=O) groups excluding carboxylic acids is 3. The van der Waals surface area contributed by atoms with Gasteiger partial charge in [-0.05, 0) is 78.0 Å². The Balaban J connectivity index is 1.64. The van der Waals surface area contributed by atoms with Crippen LogP contribution in [0.3, 0.4) is 0 Å². The van der Waals surface area contributed by atoms with Crippen LogP contribution in [0.15, 0.2) is 35.8 Å². The van der Waals surface area contributed by atoms with Crippen molar-refractivity contribution in [1.29, 1.82) is 0 Å². The van der Waals surface area contributed by atoms with Crippen LogP contribution in [0.4, 0.5) is 34.7 Å². The lowest BCUT2D eigenvalue weighted by Crippen LogP contribution is -2.51. The first-order valence-corrected chi connectivity index (χ1v) is 17.1. The predicted octanol–water partition coefficient (Wildman–Crippen LogP) is 6.64. The van der Waals surface area contributed by atoms with Gasteiger partial charge in [-0.2, -0.15) is 4.98 Å². The molecular formula is C32H36F2N6O5S2. The van der Waals surface area contributed by atoms with Crippen LogP contribution in [-0.4, -0.2) is 52.8 Å². The number of carbonyl (C=O) groups is 3. The normalized spacial score (nSPS) is 15.8. The Kier molecular flexibility index (Phi) is 9.42. The summed E-state index contributed by atoms with van der Waals surface area (Å²) in [5.41, 5.74) is 0.150. The maximum absolute atomic E-state index is 15.2. The van der Waals surface area contributed by atoms with Crippen LogP contribution < -0.4 is 26.0 Å². The van der Waals surface area contributed by atoms with Crippen molar-refractivity contribution in [2.45, 2.75) is 70.8 Å². The number of anilines is 3. The minimum absolute atomic E-state index is 0.0245. The van der Waals surface area contributed by atoms with E-state index < -0.39 is 50.5 Å². The highest BCUT2D eigenvalue weighted by atomic mass is 32.2. The number of thiazole rings is 1. The summed E-state index contributed by atoms with van der Waals surface area (Å²) >= 11 is 1.42. The van der Waals surface area contributed by atoms with Crippen molar-refractivity contribution in [3.05, 3.63) is 53.2 Å². The Hall–Kier alpha value is -4.37. The summed E-state index contributed by atoms with van der Waals surface area (Å²) in [7, 11) is -1.30. The molecular weight excluding hydrogens is 651 g/mol. The van der Waals surface area contributed by atoms with Gasteiger partial charge in [-0.25, -0.2) is 18.9 Å². The Bertz CT molecular complexity index is 1830. The van der Waals surface area contributed by atoms with Gasteiger partial charge < -0.3 is 30.2 Å². The van der Waals surface area contributed by atoms with E-state index in [0.29, 0.717) is 42.8 Å². The molecule has 1 saturated heterocycles. The van der Waals surface area contributed by atoms with E-state index in [-0.39, 0.29) is 27.3 Å². The molecule has 4 heterocycles. The zero-order valence-corrected chi connectivity index (χ0v) is 28.5. The molecule has 15 heteroatoms. The van der Waals surface area contributed by atoms with Gasteiger partial charge in [-0.15, -0.1) is 11.3 Å². The number of aromatic nitrogens is 2. The second-order valence-corrected chi connectivity index (χ2v) is 16.6. The molecule has 250 valence electrons. The largest absolute Gasteiger partial charge is 0.530 e. The molecule has 11 nitrogen and oxygen atoms in total. The van der Waals surface area contributed by atoms with E-state index >= 15 is 8.78 Å². The number of amides is 3. The van der Waals surface area contributed by atoms with Crippen molar-refractivity contribution in [3.8, 4) is 10.6 Å². The lowest BCUT2D eigenvalue weighted by Gasteiger charge is -2.36. The summed E-state index contributed by atoms with van der Waals surface area (Å²) < 4.78 is 36.0. The molecule has 0 aliphatic carbocycles. The minimum atomic E-state index is -1.37. The van der Waals surface area contributed by atoms with Crippen LogP contribution in [0.25, 0.3) is 20.8 Å². The van der Waals surface area contributed by atoms with E-state index in [1.807, 2.05) is 37.1 Å². The lowest BCUT2D eigenvalue weighted by atomic mass is 10.0. The van der Waals surface area contributed by atoms with E-state index in [1.165, 1.54) is 23.6 Å². The number of rotatable bonds is 6. The third-order valence-electron chi connectivity index (χ3n) is 7.20. The Labute approximate surface area is 277 Å². The first kappa shape index (κ1) is 34.0. The molecule has 0 radical (unpaired) electrons. The number of ether oxygens (including phenoxy) is 1. The number of thiophene rings is 1. The van der Waals surface area contributed by atoms with E-state index in [1.54, 1.807) is 20.8 Å². The topological polar surface area (TPSA) is 149 Å². The number of hydrogen-bond acceptors (Lipinski definition) is 9. The summed E-state index contributed by atoms with van der Waals surface area (Å²) in [6, 6.07) is 4.91. The smallest absolute Gasteiger partial charge is 0.415 e. The minimum Gasteiger partial charge on any atom is -0.530 e. The molecule has 1 unspecified atom stereocenters. The van der Waals surface area contributed by atoms with Gasteiger partial charge in [0.2, 0.25) is 5.69 Å². The van der Waals surface area contributed by atoms with Gasteiger partial charge in [-0.3, -0.25) is 9.78 Å². The molecule has 1 aliphatic heterocycles. The second kappa shape index (κ2) is 13.0. The van der Waals surface area contributed by atoms with Gasteiger partial charge in [0.15, 0.2) is 0 Å². The number of benzene rings is 1. The SMILES string of the molecule is CC(C)(C)OC(=O)Nc1c(C(=O)Nc2cnc3ccsc3c2N2CCC[C@H](NC(=O)[O-])C2)nc(-c2c(F)cccc2F)[s+]1C(C)(C)C. The Morgan fingerprint density at radius 2 is 1.79 bits per heavy atom. The quantitative estimate of drug-likeness (QED) is 0.191. The average molecular weight is 687 g/mol. The maximum atomic E-state index is 15.2. The molecule has 1 fully saturated rings. The third-order valence-corrected chi connectivity index (χ3v) is 10.7. The van der Waals surface area contributed by atoms with Gasteiger partial charge in [0, 0.05) is 29.6 Å². The van der Waals surface area contributed by atoms with Crippen molar-refractivity contribution >= 4 is 66.5 Å². The predicted molar refractivity (Wildman–Crippen MR) is 178 cm³/mol. The van der Waals surface area contributed by atoms with Crippen LogP contribution in [0.5, 0.6) is 0 Å². The van der Waals surface area contributed by atoms with Crippen molar-refractivity contribution in [3.63, 3.8) is 0 Å². The highest BCUT2D eigenvalue weighted by Crippen LogP contribution is 2.53. The second-order valence-electron chi connectivity index (χ2n) is 13.1. The lowest BCUT2D eigenvalue weighted by molar-refractivity contribution is -0.251. The van der Waals surface area contributed by atoms with Crippen LogP contribution in [0.2, 0.25) is 0 Å². The van der Waals surface area contributed by atoms with Gasteiger partial charge in [-0.1, -0.05) is 6.07 Å². The zero-order chi connectivity index (χ0) is 34.3. The summed E-state index contributed by atoms with van der Waals surface area (Å²) in [5, 5.41) is 21.2. The molecule has 3 N–H and O–H groups in total. The summed E-state index contributed by atoms with van der Waals surface area (Å²) in [4.78, 5) is 49.6. The molecule has 1 aromatic carbocycles. The Morgan fingerprint density at radius 3 is 2.43 bits per heavy atom. The molecule has 0 bridgehead atoms. The number of hydrogen-bond donors (Lipinski definition) is 3. The number of pyridine rings is 1. The molecule has 1 aliphatic rings. The monoisotopic (exact) mass is 686 g/mol. The molecule has 2 atom stereocenters. The molecule has 5 rings (SSSR count). The van der Waals surface area contributed by atoms with Crippen LogP contribution >= 0.6 is 21.8 Å². The molecule has 0 spiro atoms. The van der Waals surface area contributed by atoms with E-state index in [4.69, 9.17) is 4.74 Å². The number of fused-ring (bicyclic) bond motifs is 1. The van der Waals surface area contributed by atoms with Gasteiger partial charge in [0.05, 0.1) is 27.8 Å². The van der Waals surface area contributed by atoms with E-state index in [9.17, 15) is 19.5 Å². The molecule has 47 heavy (non-hydrogen) atoms. The number of nitrogens with zero attached hydrogens (tertiary/aromatic N) is 3. The fourth-order valence-electron chi connectivity index (χ4n) is 5.46. The highest BCUT2D eigenvalue weighted by molar-refractivity contribution is 7.39. The number of carboxylic acid groups (broad SMARTS) is 1. The number of halogens is 2. The molecule has 4 aromatic rings. The fourth-order valence-corrected chi connectivity index (χ4v) is 8.87. The van der Waals surface area contributed by atoms with Crippen molar-refractivity contribution in [2.75, 3.05) is 28.6 Å². The van der Waals surface area contributed by atoms with E-state index in [2.05, 4.69) is 25.9 Å². The zero-order valence-electron chi connectivity index (χ0n) is 26.8. The number of nitrogens with one attached hydrogen (secondary N) is 3. The van der Waals surface area contributed by atoms with Crippen molar-refractivity contribution in [1.82, 2.24) is 15.3 Å². The highest BCUT2D eigenvalue weighted by Gasteiger charge is 2.44. The van der Waals surface area contributed by atoms with Crippen molar-refractivity contribution < 1.29 is 33.0 Å². The average Bonchev–Trinajstić information content (AvgIpc) is 3.56. The van der Waals surface area contributed by atoms with Gasteiger partial charge in [0.1, 0.15) is 33.6 Å². The van der Waals surface area contributed by atoms with Gasteiger partial charge in [0.25, 0.3) is 15.9 Å². The summed E-state index contributed by atoms with van der Waals surface area (Å²) in [6.07, 6.45) is 0.579. The molecule has 3 amide bonds. The van der Waals surface area contributed by atoms with Gasteiger partial charge >= 0.3 is 6.09 Å². The molecule has 3 aromatic heterocycles. The standard InChI is InChI=1S/C32H36F2N6O5S2/c1-31(2,3)45-30(44)39-28-23(38-27(47(28)32(4,5)6)22-18(33)10-7-11-19(22)34)26(41)37-21-15-35-20-12-14-46-25(20)24(21)40-13-8-9-17(16-40)36-29(42)43/h7,10-12,14-15,17,36H,8-9,13,16H2,1-6H3,(H2-,37,39,41,42,43,44)/t17-,47?/m0/s1. The van der Waals surface area contributed by atoms with Crippen LogP contribution in [0, 0.1) is 11.6 Å². The van der Waals surface area contributed by atoms with Crippen LogP contribution in [-0.2, 0) is 9.48 Å². The number of piperidine rings is 1. The Morgan fingerprint density at radius 1 is 1.09 bits per heavy atom. The van der Waals surface area contributed by atoms with Crippen molar-refractivity contribution in [2.24, 2.45) is 0 Å². The maximum Gasteiger partial charge on any atom is 0.415 e. The van der Waals surface area contributed by atoms with E-state index in [0.717, 1.165) is 16.8 Å².